The first kappa shape index (κ1) is 16.8. The van der Waals surface area contributed by atoms with Crippen LogP contribution in [0, 0.1) is 13.8 Å². The number of carbonyl (C=O) groups excluding carboxylic acids is 1. The predicted octanol–water partition coefficient (Wildman–Crippen LogP) is 0.834. The number of nitrogens with one attached hydrogen (secondary N) is 1. The third kappa shape index (κ3) is 4.20. The summed E-state index contributed by atoms with van der Waals surface area (Å²) < 4.78 is 30.1. The van der Waals surface area contributed by atoms with Crippen molar-refractivity contribution >= 4 is 15.9 Å². The number of amides is 1. The summed E-state index contributed by atoms with van der Waals surface area (Å²) >= 11 is 0. The van der Waals surface area contributed by atoms with Crippen LogP contribution in [0.15, 0.2) is 18.2 Å². The molecule has 0 radical (unpaired) electrons. The Morgan fingerprint density at radius 3 is 2.59 bits per heavy atom. The maximum Gasteiger partial charge on any atom is 0.235 e. The highest BCUT2D eigenvalue weighted by atomic mass is 32.2. The molecular formula is C15H22N2O4S. The van der Waals surface area contributed by atoms with Crippen molar-refractivity contribution in [2.24, 2.45) is 0 Å². The van der Waals surface area contributed by atoms with Crippen LogP contribution in [0.25, 0.3) is 0 Å². The highest BCUT2D eigenvalue weighted by Gasteiger charge is 2.29. The van der Waals surface area contributed by atoms with Crippen molar-refractivity contribution in [2.45, 2.75) is 20.3 Å². The first-order valence-electron chi connectivity index (χ1n) is 7.34. The summed E-state index contributed by atoms with van der Waals surface area (Å²) in [5.41, 5.74) is 2.10. The molecule has 22 heavy (non-hydrogen) atoms. The highest BCUT2D eigenvalue weighted by molar-refractivity contribution is 7.89. The molecule has 7 heteroatoms. The Labute approximate surface area is 131 Å². The number of para-hydroxylation sites is 1. The molecule has 1 aromatic rings. The molecule has 0 aromatic heterocycles. The number of ether oxygens (including phenoxy) is 1. The Balaban J connectivity index is 1.74. The molecule has 1 aliphatic heterocycles. The van der Waals surface area contributed by atoms with Crippen molar-refractivity contribution in [1.82, 2.24) is 9.62 Å². The Hall–Kier alpha value is -1.60. The number of nitrogens with zero attached hydrogens (tertiary/aromatic N) is 1. The summed E-state index contributed by atoms with van der Waals surface area (Å²) in [5, 5.41) is 2.69. The smallest absolute Gasteiger partial charge is 0.235 e. The van der Waals surface area contributed by atoms with Crippen molar-refractivity contribution < 1.29 is 17.9 Å². The van der Waals surface area contributed by atoms with Crippen molar-refractivity contribution in [3.63, 3.8) is 0 Å². The van der Waals surface area contributed by atoms with Crippen molar-refractivity contribution in [2.75, 3.05) is 32.0 Å². The molecule has 0 spiro atoms. The van der Waals surface area contributed by atoms with Gasteiger partial charge in [0.25, 0.3) is 0 Å². The lowest BCUT2D eigenvalue weighted by atomic mass is 10.1. The van der Waals surface area contributed by atoms with Crippen LogP contribution in [0.4, 0.5) is 0 Å². The molecule has 122 valence electrons. The summed E-state index contributed by atoms with van der Waals surface area (Å²) in [7, 11) is -3.23. The van der Waals surface area contributed by atoms with E-state index in [1.165, 1.54) is 4.31 Å². The van der Waals surface area contributed by atoms with Crippen LogP contribution >= 0.6 is 0 Å². The number of benzene rings is 1. The maximum absolute atomic E-state index is 11.8. The number of aryl methyl sites for hydroxylation is 2. The maximum atomic E-state index is 11.8. The fraction of sp³-hybridized carbons (Fsp3) is 0.533. The monoisotopic (exact) mass is 326 g/mol. The molecule has 0 bridgehead atoms. The first-order chi connectivity index (χ1) is 10.4. The third-order valence-electron chi connectivity index (χ3n) is 3.60. The molecule has 1 fully saturated rings. The molecule has 1 N–H and O–H groups in total. The summed E-state index contributed by atoms with van der Waals surface area (Å²) in [6, 6.07) is 5.91. The minimum atomic E-state index is -3.23. The molecule has 1 aromatic carbocycles. The number of hydrogen-bond donors (Lipinski definition) is 1. The fourth-order valence-electron chi connectivity index (χ4n) is 2.46. The molecule has 1 heterocycles. The normalized spacial score (nSPS) is 17.4. The van der Waals surface area contributed by atoms with Gasteiger partial charge in [0.15, 0.2) is 0 Å². The minimum absolute atomic E-state index is 0.105. The Morgan fingerprint density at radius 2 is 2.00 bits per heavy atom. The second-order valence-corrected chi connectivity index (χ2v) is 7.51. The van der Waals surface area contributed by atoms with E-state index in [0.29, 0.717) is 26.1 Å². The number of hydrogen-bond acceptors (Lipinski definition) is 4. The van der Waals surface area contributed by atoms with Gasteiger partial charge in [0.05, 0.1) is 18.8 Å². The van der Waals surface area contributed by atoms with Crippen molar-refractivity contribution in [1.29, 1.82) is 0 Å². The zero-order chi connectivity index (χ0) is 16.2. The fourth-order valence-corrected chi connectivity index (χ4v) is 3.93. The highest BCUT2D eigenvalue weighted by Crippen LogP contribution is 2.21. The van der Waals surface area contributed by atoms with Gasteiger partial charge >= 0.3 is 0 Å². The van der Waals surface area contributed by atoms with Crippen LogP contribution in [-0.4, -0.2) is 50.6 Å². The number of carbonyl (C=O) groups is 1. The second-order valence-electron chi connectivity index (χ2n) is 5.42. The van der Waals surface area contributed by atoms with Crippen LogP contribution < -0.4 is 10.1 Å². The van der Waals surface area contributed by atoms with Crippen LogP contribution in [0.5, 0.6) is 5.75 Å². The van der Waals surface area contributed by atoms with Gasteiger partial charge < -0.3 is 10.1 Å². The molecule has 0 atom stereocenters. The van der Waals surface area contributed by atoms with E-state index < -0.39 is 10.0 Å². The van der Waals surface area contributed by atoms with Gasteiger partial charge in [0.1, 0.15) is 12.4 Å². The van der Waals surface area contributed by atoms with E-state index in [1.807, 2.05) is 32.0 Å². The molecule has 0 unspecified atom stereocenters. The van der Waals surface area contributed by atoms with Crippen molar-refractivity contribution in [3.05, 3.63) is 29.3 Å². The average Bonchev–Trinajstić information content (AvgIpc) is 2.76. The summed E-state index contributed by atoms with van der Waals surface area (Å²) in [6.45, 7) is 4.96. The Bertz CT molecular complexity index is 623. The molecular weight excluding hydrogens is 304 g/mol. The molecule has 1 saturated heterocycles. The summed E-state index contributed by atoms with van der Waals surface area (Å²) in [6.07, 6.45) is 0.589. The average molecular weight is 326 g/mol. The lowest BCUT2D eigenvalue weighted by molar-refractivity contribution is -0.121. The molecule has 2 rings (SSSR count). The van der Waals surface area contributed by atoms with Gasteiger partial charge in [-0.3, -0.25) is 4.79 Å². The van der Waals surface area contributed by atoms with E-state index >= 15 is 0 Å². The lowest BCUT2D eigenvalue weighted by Gasteiger charge is -2.15. The minimum Gasteiger partial charge on any atom is -0.491 e. The standard InChI is InChI=1S/C15H22N2O4S/c1-12-5-3-6-13(2)15(12)21-9-7-16-14(18)11-17-8-4-10-22(17,19)20/h3,5-6H,4,7-11H2,1-2H3,(H,16,18). The van der Waals surface area contributed by atoms with E-state index in [-0.39, 0.29) is 18.2 Å². The van der Waals surface area contributed by atoms with Crippen molar-refractivity contribution in [3.8, 4) is 5.75 Å². The van der Waals surface area contributed by atoms with Gasteiger partial charge in [-0.15, -0.1) is 0 Å². The number of sulfonamides is 1. The van der Waals surface area contributed by atoms with Crippen LogP contribution in [0.1, 0.15) is 17.5 Å². The Kier molecular flexibility index (Phi) is 5.42. The first-order valence-corrected chi connectivity index (χ1v) is 8.94. The molecule has 0 aliphatic carbocycles. The molecule has 1 amide bonds. The summed E-state index contributed by atoms with van der Waals surface area (Å²) in [5.74, 6) is 0.671. The largest absolute Gasteiger partial charge is 0.491 e. The Morgan fingerprint density at radius 1 is 1.32 bits per heavy atom. The number of rotatable bonds is 6. The van der Waals surface area contributed by atoms with E-state index in [1.54, 1.807) is 0 Å². The quantitative estimate of drug-likeness (QED) is 0.786. The predicted molar refractivity (Wildman–Crippen MR) is 84.4 cm³/mol. The third-order valence-corrected chi connectivity index (χ3v) is 5.51. The van der Waals surface area contributed by atoms with Gasteiger partial charge in [0.2, 0.25) is 15.9 Å². The van der Waals surface area contributed by atoms with Gasteiger partial charge in [0, 0.05) is 6.54 Å². The van der Waals surface area contributed by atoms with E-state index in [0.717, 1.165) is 16.9 Å². The van der Waals surface area contributed by atoms with Gasteiger partial charge in [-0.25, -0.2) is 8.42 Å². The van der Waals surface area contributed by atoms with Crippen LogP contribution in [0.2, 0.25) is 0 Å². The van der Waals surface area contributed by atoms with Gasteiger partial charge in [-0.1, -0.05) is 18.2 Å². The van der Waals surface area contributed by atoms with Gasteiger partial charge in [-0.05, 0) is 31.4 Å². The topological polar surface area (TPSA) is 75.7 Å². The SMILES string of the molecule is Cc1cccc(C)c1OCCNC(=O)CN1CCCS1(=O)=O. The van der Waals surface area contributed by atoms with E-state index in [4.69, 9.17) is 4.74 Å². The lowest BCUT2D eigenvalue weighted by Crippen LogP contribution is -2.39. The summed E-state index contributed by atoms with van der Waals surface area (Å²) in [4.78, 5) is 11.8. The molecule has 6 nitrogen and oxygen atoms in total. The van der Waals surface area contributed by atoms with Gasteiger partial charge in [-0.2, -0.15) is 4.31 Å². The van der Waals surface area contributed by atoms with Crippen LogP contribution in [0.3, 0.4) is 0 Å². The second kappa shape index (κ2) is 7.11. The van der Waals surface area contributed by atoms with Crippen LogP contribution in [-0.2, 0) is 14.8 Å². The van der Waals surface area contributed by atoms with E-state index in [2.05, 4.69) is 5.32 Å². The molecule has 1 aliphatic rings. The van der Waals surface area contributed by atoms with E-state index in [9.17, 15) is 13.2 Å². The zero-order valence-corrected chi connectivity index (χ0v) is 13.8. The zero-order valence-electron chi connectivity index (χ0n) is 13.0. The molecule has 0 saturated carbocycles.